The van der Waals surface area contributed by atoms with Crippen LogP contribution in [0, 0.1) is 6.92 Å². The highest BCUT2D eigenvalue weighted by atomic mass is 32.1. The normalized spacial score (nSPS) is 11.9. The lowest BCUT2D eigenvalue weighted by molar-refractivity contribution is -0.903. The summed E-state index contributed by atoms with van der Waals surface area (Å²) in [7, 11) is 0. The molecule has 0 saturated carbocycles. The van der Waals surface area contributed by atoms with E-state index in [1.165, 1.54) is 11.8 Å². The van der Waals surface area contributed by atoms with E-state index in [4.69, 9.17) is 4.74 Å². The van der Waals surface area contributed by atoms with Gasteiger partial charge in [-0.25, -0.2) is 4.79 Å². The summed E-state index contributed by atoms with van der Waals surface area (Å²) >= 11 is 2.80. The molecule has 2 aromatic rings. The molecule has 0 fully saturated rings. The van der Waals surface area contributed by atoms with Gasteiger partial charge in [-0.1, -0.05) is 6.07 Å². The summed E-state index contributed by atoms with van der Waals surface area (Å²) in [6.45, 7) is 8.99. The van der Waals surface area contributed by atoms with Crippen LogP contribution in [-0.4, -0.2) is 37.4 Å². The summed E-state index contributed by atoms with van der Waals surface area (Å²) in [5, 5.41) is 5.22. The monoisotopic (exact) mass is 409 g/mol. The third-order valence-corrected chi connectivity index (χ3v) is 6.30. The van der Waals surface area contributed by atoms with Gasteiger partial charge < -0.3 is 15.0 Å². The number of carbonyl (C=O) groups is 3. The van der Waals surface area contributed by atoms with Crippen LogP contribution < -0.4 is 10.2 Å². The molecule has 146 valence electrons. The first kappa shape index (κ1) is 21.3. The van der Waals surface area contributed by atoms with Crippen LogP contribution in [0.3, 0.4) is 0 Å². The topological polar surface area (TPSA) is 76.9 Å². The van der Waals surface area contributed by atoms with E-state index >= 15 is 0 Å². The van der Waals surface area contributed by atoms with E-state index in [1.54, 1.807) is 25.2 Å². The molecule has 2 aromatic heterocycles. The van der Waals surface area contributed by atoms with Crippen LogP contribution in [0.25, 0.3) is 0 Å². The van der Waals surface area contributed by atoms with E-state index < -0.39 is 5.97 Å². The molecule has 2 N–H and O–H groups in total. The van der Waals surface area contributed by atoms with Crippen LogP contribution in [0.15, 0.2) is 17.5 Å². The molecule has 0 spiro atoms. The molecule has 0 bridgehead atoms. The fourth-order valence-electron chi connectivity index (χ4n) is 2.76. The first-order chi connectivity index (χ1) is 12.9. The van der Waals surface area contributed by atoms with Crippen molar-refractivity contribution < 1.29 is 24.0 Å². The fraction of sp³-hybridized carbons (Fsp3) is 0.421. The van der Waals surface area contributed by atoms with Gasteiger partial charge in [0.05, 0.1) is 28.5 Å². The number of ketones is 1. The molecule has 1 amide bonds. The predicted octanol–water partition coefficient (Wildman–Crippen LogP) is 2.54. The zero-order valence-corrected chi connectivity index (χ0v) is 17.6. The molecular weight excluding hydrogens is 384 g/mol. The predicted molar refractivity (Wildman–Crippen MR) is 108 cm³/mol. The Hall–Kier alpha value is -2.03. The number of anilines is 1. The maximum Gasteiger partial charge on any atom is 0.341 e. The largest absolute Gasteiger partial charge is 0.462 e. The van der Waals surface area contributed by atoms with Gasteiger partial charge in [0.15, 0.2) is 12.3 Å². The van der Waals surface area contributed by atoms with Gasteiger partial charge >= 0.3 is 5.97 Å². The molecule has 2 rings (SSSR count). The average Bonchev–Trinajstić information content (AvgIpc) is 3.22. The van der Waals surface area contributed by atoms with Crippen molar-refractivity contribution in [3.63, 3.8) is 0 Å². The molecule has 0 aromatic carbocycles. The van der Waals surface area contributed by atoms with Crippen LogP contribution in [0.2, 0.25) is 0 Å². The van der Waals surface area contributed by atoms with Crippen molar-refractivity contribution in [3.05, 3.63) is 38.4 Å². The minimum absolute atomic E-state index is 0.137. The van der Waals surface area contributed by atoms with E-state index in [-0.39, 0.29) is 30.4 Å². The number of rotatable bonds is 9. The number of esters is 1. The van der Waals surface area contributed by atoms with Gasteiger partial charge in [-0.05, 0) is 44.7 Å². The Morgan fingerprint density at radius 2 is 2.00 bits per heavy atom. The number of quaternary nitrogens is 1. The van der Waals surface area contributed by atoms with Crippen molar-refractivity contribution in [1.82, 2.24) is 0 Å². The number of likely N-dealkylation sites (N-methyl/N-ethyl adjacent to an activating group) is 1. The van der Waals surface area contributed by atoms with Crippen LogP contribution in [0.4, 0.5) is 5.00 Å². The zero-order valence-electron chi connectivity index (χ0n) is 16.0. The fourth-order valence-corrected chi connectivity index (χ4v) is 4.64. The van der Waals surface area contributed by atoms with Gasteiger partial charge in [-0.3, -0.25) is 9.59 Å². The van der Waals surface area contributed by atoms with E-state index in [1.807, 2.05) is 18.4 Å². The average molecular weight is 410 g/mol. The lowest BCUT2D eigenvalue weighted by Crippen LogP contribution is -3.11. The Morgan fingerprint density at radius 3 is 2.56 bits per heavy atom. The number of carbonyl (C=O) groups excluding carboxylic acids is 3. The van der Waals surface area contributed by atoms with Gasteiger partial charge in [0.1, 0.15) is 11.5 Å². The summed E-state index contributed by atoms with van der Waals surface area (Å²) in [4.78, 5) is 39.5. The third-order valence-electron chi connectivity index (χ3n) is 4.11. The summed E-state index contributed by atoms with van der Waals surface area (Å²) in [5.41, 5.74) is 0.830. The van der Waals surface area contributed by atoms with Gasteiger partial charge in [0, 0.05) is 0 Å². The van der Waals surface area contributed by atoms with Crippen molar-refractivity contribution in [1.29, 1.82) is 0 Å². The Balaban J connectivity index is 2.16. The number of ether oxygens (including phenoxy) is 1. The number of hydrogen-bond acceptors (Lipinski definition) is 6. The maximum atomic E-state index is 12.6. The van der Waals surface area contributed by atoms with Crippen molar-refractivity contribution in [3.8, 4) is 0 Å². The number of Topliss-reactive ketones (excluding diaryl/α,β-unsaturated/α-hetero) is 1. The first-order valence-electron chi connectivity index (χ1n) is 8.84. The molecule has 0 aliphatic carbocycles. The smallest absolute Gasteiger partial charge is 0.341 e. The van der Waals surface area contributed by atoms with Crippen LogP contribution >= 0.6 is 22.7 Å². The van der Waals surface area contributed by atoms with E-state index in [0.29, 0.717) is 15.4 Å². The lowest BCUT2D eigenvalue weighted by atomic mass is 10.1. The third kappa shape index (κ3) is 5.47. The van der Waals surface area contributed by atoms with Gasteiger partial charge in [-0.2, -0.15) is 0 Å². The maximum absolute atomic E-state index is 12.6. The highest BCUT2D eigenvalue weighted by Gasteiger charge is 2.26. The molecule has 1 unspecified atom stereocenters. The Labute approximate surface area is 167 Å². The van der Waals surface area contributed by atoms with Crippen LogP contribution in [0.5, 0.6) is 0 Å². The van der Waals surface area contributed by atoms with Gasteiger partial charge in [0.25, 0.3) is 5.91 Å². The summed E-state index contributed by atoms with van der Waals surface area (Å²) in [6.07, 6.45) is 0. The SMILES string of the molecule is CCOC(=O)c1c(NC(=O)C[NH+](CC)Cc2cccs2)sc(C(C)=O)c1C. The summed E-state index contributed by atoms with van der Waals surface area (Å²) in [5.74, 6) is -0.848. The van der Waals surface area contributed by atoms with Gasteiger partial charge in [-0.15, -0.1) is 22.7 Å². The molecule has 27 heavy (non-hydrogen) atoms. The molecule has 0 saturated heterocycles. The van der Waals surface area contributed by atoms with Crippen molar-refractivity contribution in [2.24, 2.45) is 0 Å². The van der Waals surface area contributed by atoms with Crippen molar-refractivity contribution in [2.45, 2.75) is 34.2 Å². The highest BCUT2D eigenvalue weighted by Crippen LogP contribution is 2.34. The molecule has 6 nitrogen and oxygen atoms in total. The van der Waals surface area contributed by atoms with Crippen LogP contribution in [-0.2, 0) is 16.1 Å². The zero-order chi connectivity index (χ0) is 20.0. The second kappa shape index (κ2) is 9.77. The molecule has 1 atom stereocenters. The molecule has 0 aliphatic heterocycles. The van der Waals surface area contributed by atoms with Crippen molar-refractivity contribution >= 4 is 45.3 Å². The van der Waals surface area contributed by atoms with E-state index in [9.17, 15) is 14.4 Å². The number of amides is 1. The second-order valence-corrected chi connectivity index (χ2v) is 8.17. The molecule has 8 heteroatoms. The minimum Gasteiger partial charge on any atom is -0.462 e. The van der Waals surface area contributed by atoms with Gasteiger partial charge in [0.2, 0.25) is 0 Å². The summed E-state index contributed by atoms with van der Waals surface area (Å²) in [6, 6.07) is 4.05. The Bertz CT molecular complexity index is 812. The first-order valence-corrected chi connectivity index (χ1v) is 10.5. The molecule has 2 heterocycles. The van der Waals surface area contributed by atoms with Crippen molar-refractivity contribution in [2.75, 3.05) is 25.0 Å². The van der Waals surface area contributed by atoms with E-state index in [2.05, 4.69) is 11.4 Å². The number of hydrogen-bond donors (Lipinski definition) is 2. The Kier molecular flexibility index (Phi) is 7.70. The minimum atomic E-state index is -0.521. The number of nitrogens with one attached hydrogen (secondary N) is 2. The second-order valence-electron chi connectivity index (χ2n) is 6.12. The molecule has 0 aliphatic rings. The summed E-state index contributed by atoms with van der Waals surface area (Å²) < 4.78 is 5.10. The Morgan fingerprint density at radius 1 is 1.26 bits per heavy atom. The lowest BCUT2D eigenvalue weighted by Gasteiger charge is -2.16. The number of thiophene rings is 2. The van der Waals surface area contributed by atoms with Crippen LogP contribution in [0.1, 0.15) is 51.2 Å². The quantitative estimate of drug-likeness (QED) is 0.493. The van der Waals surface area contributed by atoms with E-state index in [0.717, 1.165) is 29.3 Å². The standard InChI is InChI=1S/C19H24N2O4S2/c1-5-21(10-14-8-7-9-26-14)11-15(23)20-18-16(19(24)25-6-2)12(3)17(27-18)13(4)22/h7-9H,5-6,10-11H2,1-4H3,(H,20,23)/p+1. The highest BCUT2D eigenvalue weighted by molar-refractivity contribution is 7.18. The molecule has 0 radical (unpaired) electrons. The molecular formula is C19H25N2O4S2+.